The Balaban J connectivity index is 1.93. The number of halogens is 3. The topological polar surface area (TPSA) is 84.9 Å². The number of alkyl halides is 3. The number of methoxy groups -OCH3 is 2. The lowest BCUT2D eigenvalue weighted by Gasteiger charge is -2.25. The quantitative estimate of drug-likeness (QED) is 0.423. The van der Waals surface area contributed by atoms with Crippen LogP contribution in [-0.4, -0.2) is 35.1 Å². The average molecular weight is 537 g/mol. The Labute approximate surface area is 213 Å². The number of amides is 1. The normalized spacial score (nSPS) is 11.6. The van der Waals surface area contributed by atoms with E-state index in [9.17, 15) is 26.4 Å². The third-order valence-corrected chi connectivity index (χ3v) is 7.24. The van der Waals surface area contributed by atoms with Gasteiger partial charge in [-0.25, -0.2) is 8.42 Å². The number of hydrogen-bond donors (Lipinski definition) is 1. The number of anilines is 1. The first-order valence-electron chi connectivity index (χ1n) is 11.1. The Bertz CT molecular complexity index is 1370. The van der Waals surface area contributed by atoms with Crippen molar-refractivity contribution < 1.29 is 35.9 Å². The van der Waals surface area contributed by atoms with E-state index in [1.54, 1.807) is 26.0 Å². The summed E-state index contributed by atoms with van der Waals surface area (Å²) in [6, 6.07) is 13.8. The standard InChI is InChI=1S/C26H27F3N2O5S/c1-17-10-18(2)12-21(11-17)31(37(33,34)22-8-9-23(35-3)24(14-22)36-4)16-25(32)30-15-19-6-5-7-20(13-19)26(27,28)29/h5-14H,15-16H2,1-4H3,(H,30,32). The van der Waals surface area contributed by atoms with E-state index in [0.29, 0.717) is 5.75 Å². The molecule has 7 nitrogen and oxygen atoms in total. The van der Waals surface area contributed by atoms with Crippen LogP contribution in [0.2, 0.25) is 0 Å². The molecule has 0 spiro atoms. The smallest absolute Gasteiger partial charge is 0.416 e. The van der Waals surface area contributed by atoms with Crippen LogP contribution >= 0.6 is 0 Å². The van der Waals surface area contributed by atoms with E-state index < -0.39 is 34.2 Å². The maximum Gasteiger partial charge on any atom is 0.416 e. The monoisotopic (exact) mass is 536 g/mol. The lowest BCUT2D eigenvalue weighted by Crippen LogP contribution is -2.40. The van der Waals surface area contributed by atoms with Gasteiger partial charge >= 0.3 is 6.18 Å². The van der Waals surface area contributed by atoms with Gasteiger partial charge in [0.05, 0.1) is 30.4 Å². The van der Waals surface area contributed by atoms with Crippen molar-refractivity contribution >= 4 is 21.6 Å². The predicted octanol–water partition coefficient (Wildman–Crippen LogP) is 4.85. The molecule has 0 heterocycles. The molecular formula is C26H27F3N2O5S. The van der Waals surface area contributed by atoms with Crippen molar-refractivity contribution in [3.05, 3.63) is 82.9 Å². The number of carbonyl (C=O) groups is 1. The van der Waals surface area contributed by atoms with Crippen LogP contribution < -0.4 is 19.1 Å². The molecule has 3 rings (SSSR count). The average Bonchev–Trinajstić information content (AvgIpc) is 2.84. The molecule has 0 bridgehead atoms. The highest BCUT2D eigenvalue weighted by Crippen LogP contribution is 2.33. The predicted molar refractivity (Wildman–Crippen MR) is 133 cm³/mol. The number of benzene rings is 3. The van der Waals surface area contributed by atoms with Gasteiger partial charge in [-0.05, 0) is 66.9 Å². The first kappa shape index (κ1) is 27.9. The molecule has 0 unspecified atom stereocenters. The molecule has 0 aromatic heterocycles. The highest BCUT2D eigenvalue weighted by Gasteiger charge is 2.31. The fraction of sp³-hybridized carbons (Fsp3) is 0.269. The summed E-state index contributed by atoms with van der Waals surface area (Å²) in [6.45, 7) is 2.79. The summed E-state index contributed by atoms with van der Waals surface area (Å²) < 4.78 is 77.8. The van der Waals surface area contributed by atoms with E-state index in [1.807, 2.05) is 6.07 Å². The number of ether oxygens (including phenoxy) is 2. The van der Waals surface area contributed by atoms with E-state index in [-0.39, 0.29) is 28.4 Å². The molecule has 3 aromatic carbocycles. The number of rotatable bonds is 9. The second kappa shape index (κ2) is 11.1. The SMILES string of the molecule is COc1ccc(S(=O)(=O)N(CC(=O)NCc2cccc(C(F)(F)F)c2)c2cc(C)cc(C)c2)cc1OC. The largest absolute Gasteiger partial charge is 0.493 e. The van der Waals surface area contributed by atoms with Gasteiger partial charge in [-0.2, -0.15) is 13.2 Å². The van der Waals surface area contributed by atoms with Gasteiger partial charge in [0.1, 0.15) is 6.54 Å². The molecule has 0 atom stereocenters. The zero-order valence-electron chi connectivity index (χ0n) is 20.7. The van der Waals surface area contributed by atoms with Gasteiger partial charge < -0.3 is 14.8 Å². The van der Waals surface area contributed by atoms with Crippen LogP contribution in [0.4, 0.5) is 18.9 Å². The van der Waals surface area contributed by atoms with Gasteiger partial charge in [-0.15, -0.1) is 0 Å². The van der Waals surface area contributed by atoms with E-state index in [4.69, 9.17) is 9.47 Å². The number of nitrogens with one attached hydrogen (secondary N) is 1. The van der Waals surface area contributed by atoms with E-state index >= 15 is 0 Å². The lowest BCUT2D eigenvalue weighted by atomic mass is 10.1. The maximum absolute atomic E-state index is 13.7. The summed E-state index contributed by atoms with van der Waals surface area (Å²) in [4.78, 5) is 12.7. The molecule has 0 saturated heterocycles. The number of sulfonamides is 1. The summed E-state index contributed by atoms with van der Waals surface area (Å²) >= 11 is 0. The van der Waals surface area contributed by atoms with Crippen molar-refractivity contribution in [3.63, 3.8) is 0 Å². The van der Waals surface area contributed by atoms with Gasteiger partial charge in [0.2, 0.25) is 5.91 Å². The zero-order valence-corrected chi connectivity index (χ0v) is 21.5. The Morgan fingerprint density at radius 1 is 0.919 bits per heavy atom. The van der Waals surface area contributed by atoms with E-state index in [0.717, 1.165) is 27.6 Å². The number of hydrogen-bond acceptors (Lipinski definition) is 5. The van der Waals surface area contributed by atoms with Crippen molar-refractivity contribution in [2.24, 2.45) is 0 Å². The second-order valence-corrected chi connectivity index (χ2v) is 10.2. The van der Waals surface area contributed by atoms with Gasteiger partial charge in [0, 0.05) is 12.6 Å². The van der Waals surface area contributed by atoms with Gasteiger partial charge in [0.15, 0.2) is 11.5 Å². The first-order valence-corrected chi connectivity index (χ1v) is 12.5. The maximum atomic E-state index is 13.7. The van der Waals surface area contributed by atoms with E-state index in [1.165, 1.54) is 44.6 Å². The molecule has 198 valence electrons. The molecule has 0 fully saturated rings. The summed E-state index contributed by atoms with van der Waals surface area (Å²) in [5.74, 6) is -0.170. The Kier molecular flexibility index (Phi) is 8.37. The van der Waals surface area contributed by atoms with Gasteiger partial charge in [-0.3, -0.25) is 9.10 Å². The van der Waals surface area contributed by atoms with Crippen LogP contribution in [-0.2, 0) is 27.5 Å². The molecule has 0 radical (unpaired) electrons. The minimum atomic E-state index is -4.52. The van der Waals surface area contributed by atoms with E-state index in [2.05, 4.69) is 5.32 Å². The lowest BCUT2D eigenvalue weighted by molar-refractivity contribution is -0.137. The van der Waals surface area contributed by atoms with Crippen molar-refractivity contribution in [1.29, 1.82) is 0 Å². The van der Waals surface area contributed by atoms with Crippen LogP contribution in [0.1, 0.15) is 22.3 Å². The molecule has 0 aliphatic carbocycles. The first-order chi connectivity index (χ1) is 17.3. The highest BCUT2D eigenvalue weighted by atomic mass is 32.2. The summed E-state index contributed by atoms with van der Waals surface area (Å²) in [5.41, 5.74) is 1.22. The van der Waals surface area contributed by atoms with Crippen LogP contribution in [0.25, 0.3) is 0 Å². The molecular weight excluding hydrogens is 509 g/mol. The van der Waals surface area contributed by atoms with Crippen molar-refractivity contribution in [1.82, 2.24) is 5.32 Å². The summed E-state index contributed by atoms with van der Waals surface area (Å²) in [6.07, 6.45) is -4.52. The van der Waals surface area contributed by atoms with Crippen LogP contribution in [0.3, 0.4) is 0 Å². The van der Waals surface area contributed by atoms with Gasteiger partial charge in [0.25, 0.3) is 10.0 Å². The molecule has 0 aliphatic heterocycles. The molecule has 1 amide bonds. The highest BCUT2D eigenvalue weighted by molar-refractivity contribution is 7.92. The number of nitrogens with zero attached hydrogens (tertiary/aromatic N) is 1. The fourth-order valence-electron chi connectivity index (χ4n) is 3.76. The molecule has 3 aromatic rings. The van der Waals surface area contributed by atoms with Crippen molar-refractivity contribution in [3.8, 4) is 11.5 Å². The minimum absolute atomic E-state index is 0.130. The van der Waals surface area contributed by atoms with Crippen LogP contribution in [0.15, 0.2) is 65.6 Å². The van der Waals surface area contributed by atoms with Crippen molar-refractivity contribution in [2.45, 2.75) is 31.5 Å². The molecule has 37 heavy (non-hydrogen) atoms. The Hall–Kier alpha value is -3.73. The minimum Gasteiger partial charge on any atom is -0.493 e. The molecule has 1 N–H and O–H groups in total. The van der Waals surface area contributed by atoms with Crippen LogP contribution in [0, 0.1) is 13.8 Å². The summed E-state index contributed by atoms with van der Waals surface area (Å²) in [7, 11) is -1.47. The second-order valence-electron chi connectivity index (χ2n) is 8.35. The Morgan fingerprint density at radius 2 is 1.57 bits per heavy atom. The number of aryl methyl sites for hydroxylation is 2. The van der Waals surface area contributed by atoms with Crippen LogP contribution in [0.5, 0.6) is 11.5 Å². The summed E-state index contributed by atoms with van der Waals surface area (Å²) in [5, 5.41) is 2.51. The molecule has 11 heteroatoms. The Morgan fingerprint density at radius 3 is 2.16 bits per heavy atom. The van der Waals surface area contributed by atoms with Gasteiger partial charge in [-0.1, -0.05) is 18.2 Å². The molecule has 0 aliphatic rings. The third kappa shape index (κ3) is 6.73. The van der Waals surface area contributed by atoms with Crippen molar-refractivity contribution in [2.75, 3.05) is 25.1 Å². The molecule has 0 saturated carbocycles. The third-order valence-electron chi connectivity index (χ3n) is 5.47. The zero-order chi connectivity index (χ0) is 27.4. The fourth-order valence-corrected chi connectivity index (χ4v) is 5.18. The number of carbonyl (C=O) groups excluding carboxylic acids is 1.